The Morgan fingerprint density at radius 3 is 2.82 bits per heavy atom. The lowest BCUT2D eigenvalue weighted by molar-refractivity contribution is -0.149. The van der Waals surface area contributed by atoms with Gasteiger partial charge in [0.1, 0.15) is 0 Å². The first-order valence-corrected chi connectivity index (χ1v) is 8.84. The van der Waals surface area contributed by atoms with Gasteiger partial charge in [0, 0.05) is 24.5 Å². The van der Waals surface area contributed by atoms with Crippen molar-refractivity contribution in [3.63, 3.8) is 0 Å². The number of ether oxygens (including phenoxy) is 1. The van der Waals surface area contributed by atoms with E-state index in [0.717, 1.165) is 38.4 Å². The Labute approximate surface area is 136 Å². The molecule has 0 unspecified atom stereocenters. The summed E-state index contributed by atoms with van der Waals surface area (Å²) >= 11 is 1.72. The number of esters is 1. The molecule has 1 fully saturated rings. The van der Waals surface area contributed by atoms with E-state index in [0.29, 0.717) is 13.2 Å². The highest BCUT2D eigenvalue weighted by Gasteiger charge is 2.27. The third-order valence-electron chi connectivity index (χ3n) is 3.71. The maximum atomic E-state index is 11.8. The van der Waals surface area contributed by atoms with Crippen molar-refractivity contribution >= 4 is 23.3 Å². The quantitative estimate of drug-likeness (QED) is 0.514. The fourth-order valence-electron chi connectivity index (χ4n) is 2.57. The molecule has 1 aromatic heterocycles. The average Bonchev–Trinajstić information content (AvgIpc) is 3.05. The second kappa shape index (κ2) is 8.78. The lowest BCUT2D eigenvalue weighted by Crippen LogP contribution is -2.46. The Bertz CT molecular complexity index is 480. The lowest BCUT2D eigenvalue weighted by Gasteiger charge is -2.33. The maximum absolute atomic E-state index is 11.8. The summed E-state index contributed by atoms with van der Waals surface area (Å²) in [6.45, 7) is 7.64. The smallest absolute Gasteiger partial charge is 0.309 e. The van der Waals surface area contributed by atoms with Crippen LogP contribution in [0.15, 0.2) is 22.5 Å². The van der Waals surface area contributed by atoms with E-state index in [4.69, 9.17) is 9.73 Å². The van der Waals surface area contributed by atoms with E-state index in [1.807, 2.05) is 13.0 Å². The number of hydrogen-bond acceptors (Lipinski definition) is 4. The van der Waals surface area contributed by atoms with Gasteiger partial charge in [-0.1, -0.05) is 6.07 Å². The van der Waals surface area contributed by atoms with Gasteiger partial charge >= 0.3 is 5.97 Å². The number of carbonyl (C=O) groups is 1. The van der Waals surface area contributed by atoms with Crippen LogP contribution in [-0.4, -0.2) is 43.1 Å². The number of thiophene rings is 1. The molecule has 2 heterocycles. The van der Waals surface area contributed by atoms with Gasteiger partial charge in [0.2, 0.25) is 0 Å². The van der Waals surface area contributed by atoms with Crippen LogP contribution in [-0.2, 0) is 16.1 Å². The van der Waals surface area contributed by atoms with Crippen molar-refractivity contribution in [3.05, 3.63) is 22.4 Å². The molecule has 0 aliphatic carbocycles. The molecule has 0 spiro atoms. The monoisotopic (exact) mass is 323 g/mol. The molecule has 22 heavy (non-hydrogen) atoms. The largest absolute Gasteiger partial charge is 0.466 e. The van der Waals surface area contributed by atoms with Crippen molar-refractivity contribution in [3.8, 4) is 0 Å². The third kappa shape index (κ3) is 4.73. The number of piperidine rings is 1. The summed E-state index contributed by atoms with van der Waals surface area (Å²) in [6, 6.07) is 4.15. The zero-order chi connectivity index (χ0) is 15.8. The molecular weight excluding hydrogens is 298 g/mol. The van der Waals surface area contributed by atoms with Gasteiger partial charge in [0.05, 0.1) is 19.1 Å². The first-order chi connectivity index (χ1) is 10.7. The number of rotatable bonds is 5. The molecule has 122 valence electrons. The van der Waals surface area contributed by atoms with Gasteiger partial charge in [0.25, 0.3) is 0 Å². The molecule has 5 nitrogen and oxygen atoms in total. The number of hydrogen-bond donors (Lipinski definition) is 1. The van der Waals surface area contributed by atoms with Crippen LogP contribution in [0.1, 0.15) is 31.6 Å². The highest BCUT2D eigenvalue weighted by molar-refractivity contribution is 7.09. The molecule has 6 heteroatoms. The predicted molar refractivity (Wildman–Crippen MR) is 90.1 cm³/mol. The van der Waals surface area contributed by atoms with Gasteiger partial charge in [-0.3, -0.25) is 4.79 Å². The highest BCUT2D eigenvalue weighted by Crippen LogP contribution is 2.19. The van der Waals surface area contributed by atoms with Crippen LogP contribution >= 0.6 is 11.3 Å². The lowest BCUT2D eigenvalue weighted by atomic mass is 9.97. The molecule has 1 aliphatic rings. The van der Waals surface area contributed by atoms with Crippen molar-refractivity contribution in [2.24, 2.45) is 10.9 Å². The maximum Gasteiger partial charge on any atom is 0.309 e. The number of likely N-dealkylation sites (tertiary alicyclic amines) is 1. The van der Waals surface area contributed by atoms with Crippen molar-refractivity contribution in [1.82, 2.24) is 10.2 Å². The van der Waals surface area contributed by atoms with Crippen LogP contribution in [0.5, 0.6) is 0 Å². The topological polar surface area (TPSA) is 53.9 Å². The Morgan fingerprint density at radius 2 is 2.23 bits per heavy atom. The summed E-state index contributed by atoms with van der Waals surface area (Å²) in [5, 5.41) is 5.42. The average molecular weight is 323 g/mol. The molecule has 0 aromatic carbocycles. The first kappa shape index (κ1) is 16.8. The summed E-state index contributed by atoms with van der Waals surface area (Å²) < 4.78 is 5.12. The molecule has 0 atom stereocenters. The summed E-state index contributed by atoms with van der Waals surface area (Å²) in [4.78, 5) is 20.0. The SMILES string of the molecule is CCNC(=NCc1cccs1)N1CCC(C(=O)OCC)CC1. The minimum Gasteiger partial charge on any atom is -0.466 e. The zero-order valence-corrected chi connectivity index (χ0v) is 14.2. The van der Waals surface area contributed by atoms with Gasteiger partial charge in [-0.15, -0.1) is 11.3 Å². The van der Waals surface area contributed by atoms with E-state index in [9.17, 15) is 4.79 Å². The Morgan fingerprint density at radius 1 is 1.45 bits per heavy atom. The standard InChI is InChI=1S/C16H25N3O2S/c1-3-17-16(18-12-14-6-5-11-22-14)19-9-7-13(8-10-19)15(20)21-4-2/h5-6,11,13H,3-4,7-10,12H2,1-2H3,(H,17,18). The van der Waals surface area contributed by atoms with Gasteiger partial charge in [0.15, 0.2) is 5.96 Å². The normalized spacial score (nSPS) is 16.6. The molecule has 0 amide bonds. The summed E-state index contributed by atoms with van der Waals surface area (Å²) in [5.74, 6) is 0.928. The van der Waals surface area contributed by atoms with Gasteiger partial charge in [-0.2, -0.15) is 0 Å². The molecule has 0 bridgehead atoms. The number of aliphatic imine (C=N–C) groups is 1. The van der Waals surface area contributed by atoms with E-state index in [2.05, 4.69) is 28.6 Å². The van der Waals surface area contributed by atoms with Crippen LogP contribution < -0.4 is 5.32 Å². The molecular formula is C16H25N3O2S. The number of nitrogens with zero attached hydrogens (tertiary/aromatic N) is 2. The minimum absolute atomic E-state index is 0.0383. The Kier molecular flexibility index (Phi) is 6.71. The van der Waals surface area contributed by atoms with Gasteiger partial charge in [-0.05, 0) is 38.1 Å². The van der Waals surface area contributed by atoms with Crippen LogP contribution in [0.4, 0.5) is 0 Å². The number of guanidine groups is 1. The fourth-order valence-corrected chi connectivity index (χ4v) is 3.20. The van der Waals surface area contributed by atoms with Gasteiger partial charge in [-0.25, -0.2) is 4.99 Å². The zero-order valence-electron chi connectivity index (χ0n) is 13.4. The molecule has 1 saturated heterocycles. The van der Waals surface area contributed by atoms with E-state index in [1.54, 1.807) is 11.3 Å². The van der Waals surface area contributed by atoms with E-state index in [1.165, 1.54) is 4.88 Å². The fraction of sp³-hybridized carbons (Fsp3) is 0.625. The first-order valence-electron chi connectivity index (χ1n) is 7.96. The van der Waals surface area contributed by atoms with Crippen molar-refractivity contribution < 1.29 is 9.53 Å². The second-order valence-corrected chi connectivity index (χ2v) is 6.30. The number of nitrogens with one attached hydrogen (secondary N) is 1. The van der Waals surface area contributed by atoms with Crippen LogP contribution in [0.2, 0.25) is 0 Å². The third-order valence-corrected chi connectivity index (χ3v) is 4.58. The van der Waals surface area contributed by atoms with Crippen molar-refractivity contribution in [2.45, 2.75) is 33.2 Å². The molecule has 2 rings (SSSR count). The second-order valence-electron chi connectivity index (χ2n) is 5.26. The molecule has 1 aromatic rings. The van der Waals surface area contributed by atoms with E-state index in [-0.39, 0.29) is 11.9 Å². The predicted octanol–water partition coefficient (Wildman–Crippen LogP) is 2.49. The summed E-state index contributed by atoms with van der Waals surface area (Å²) in [7, 11) is 0. The van der Waals surface area contributed by atoms with E-state index < -0.39 is 0 Å². The van der Waals surface area contributed by atoms with E-state index >= 15 is 0 Å². The van der Waals surface area contributed by atoms with Crippen LogP contribution in [0, 0.1) is 5.92 Å². The van der Waals surface area contributed by atoms with Gasteiger partial charge < -0.3 is 15.0 Å². The number of carbonyl (C=O) groups excluding carboxylic acids is 1. The van der Waals surface area contributed by atoms with Crippen molar-refractivity contribution in [1.29, 1.82) is 0 Å². The van der Waals surface area contributed by atoms with Crippen LogP contribution in [0.3, 0.4) is 0 Å². The summed E-state index contributed by atoms with van der Waals surface area (Å²) in [6.07, 6.45) is 1.67. The Hall–Kier alpha value is -1.56. The van der Waals surface area contributed by atoms with Crippen LogP contribution in [0.25, 0.3) is 0 Å². The molecule has 0 radical (unpaired) electrons. The Balaban J connectivity index is 1.90. The molecule has 1 N–H and O–H groups in total. The van der Waals surface area contributed by atoms with Crippen molar-refractivity contribution in [2.75, 3.05) is 26.2 Å². The molecule has 1 aliphatic heterocycles. The minimum atomic E-state index is -0.0531. The highest BCUT2D eigenvalue weighted by atomic mass is 32.1. The molecule has 0 saturated carbocycles. The summed E-state index contributed by atoms with van der Waals surface area (Å²) in [5.41, 5.74) is 0.